The molecule has 4 heteroatoms. The molecule has 1 fully saturated rings. The van der Waals surface area contributed by atoms with Crippen LogP contribution in [-0.4, -0.2) is 51.8 Å². The molecule has 144 valence electrons. The van der Waals surface area contributed by atoms with E-state index in [1.807, 2.05) is 18.2 Å². The Balaban J connectivity index is 1.94. The second kappa shape index (κ2) is 9.24. The van der Waals surface area contributed by atoms with Gasteiger partial charge in [-0.2, -0.15) is 0 Å². The van der Waals surface area contributed by atoms with Crippen LogP contribution in [0.3, 0.4) is 0 Å². The molecule has 0 aliphatic carbocycles. The van der Waals surface area contributed by atoms with Gasteiger partial charge in [0.25, 0.3) is 0 Å². The summed E-state index contributed by atoms with van der Waals surface area (Å²) in [4.78, 5) is 20.9. The molecule has 1 unspecified atom stereocenters. The number of rotatable bonds is 7. The van der Waals surface area contributed by atoms with E-state index in [9.17, 15) is 4.79 Å². The van der Waals surface area contributed by atoms with Gasteiger partial charge in [0.05, 0.1) is 0 Å². The van der Waals surface area contributed by atoms with E-state index in [1.54, 1.807) is 0 Å². The van der Waals surface area contributed by atoms with Gasteiger partial charge in [0.15, 0.2) is 0 Å². The predicted molar refractivity (Wildman–Crippen MR) is 116 cm³/mol. The van der Waals surface area contributed by atoms with Gasteiger partial charge in [-0.15, -0.1) is 0 Å². The van der Waals surface area contributed by atoms with Gasteiger partial charge in [0.1, 0.15) is 0 Å². The fourth-order valence-corrected chi connectivity index (χ4v) is 11.2. The van der Waals surface area contributed by atoms with E-state index in [-0.39, 0.29) is 3.43 Å². The molecule has 0 radical (unpaired) electrons. The van der Waals surface area contributed by atoms with Crippen LogP contribution in [0.4, 0.5) is 5.69 Å². The third-order valence-corrected chi connectivity index (χ3v) is 14.0. The van der Waals surface area contributed by atoms with Gasteiger partial charge in [-0.25, -0.2) is 0 Å². The van der Waals surface area contributed by atoms with E-state index in [0.717, 1.165) is 44.7 Å². The van der Waals surface area contributed by atoms with Crippen molar-refractivity contribution in [3.8, 4) is 0 Å². The minimum absolute atomic E-state index is 0.266. The fourth-order valence-electron chi connectivity index (χ4n) is 4.31. The summed E-state index contributed by atoms with van der Waals surface area (Å²) in [5.74, 6) is 0.329. The summed E-state index contributed by atoms with van der Waals surface area (Å²) in [7, 11) is 0. The van der Waals surface area contributed by atoms with Crippen LogP contribution in [0.5, 0.6) is 0 Å². The topological polar surface area (TPSA) is 29.5 Å². The first-order valence-electron chi connectivity index (χ1n) is 10.1. The molecule has 0 N–H and O–H groups in total. The van der Waals surface area contributed by atoms with Crippen molar-refractivity contribution >= 4 is 31.2 Å². The number of benzene rings is 2. The summed E-state index contributed by atoms with van der Waals surface area (Å²) in [6.07, 6.45) is 1.98. The maximum atomic E-state index is 13.8. The molecule has 3 nitrogen and oxygen atoms in total. The van der Waals surface area contributed by atoms with Crippen LogP contribution >= 0.6 is 0 Å². The SMILES string of the molecule is CCC[C](C(=O)c1ccc(N2CCOCC2)cc1)(c1ccccc1)[SnH]([CH3])[CH3]. The van der Waals surface area contributed by atoms with Gasteiger partial charge in [-0.3, -0.25) is 0 Å². The number of hydrogen-bond acceptors (Lipinski definition) is 3. The number of morpholine rings is 1. The summed E-state index contributed by atoms with van der Waals surface area (Å²) in [6, 6.07) is 18.8. The zero-order valence-corrected chi connectivity index (χ0v) is 20.1. The van der Waals surface area contributed by atoms with E-state index >= 15 is 0 Å². The maximum absolute atomic E-state index is 13.8. The van der Waals surface area contributed by atoms with Crippen LogP contribution in [0.25, 0.3) is 0 Å². The standard InChI is InChI=1S/C21H24NO2.2CH3.Sn.H/c1-2-6-20(17-7-4-3-5-8-17)21(23)18-9-11-19(12-10-18)22-13-15-24-16-14-22;;;;/h3-5,7-12H,2,6,13-16H2,1H3;2*1H3;;. The molecule has 0 amide bonds. The van der Waals surface area contributed by atoms with E-state index < -0.39 is 19.8 Å². The van der Waals surface area contributed by atoms with Crippen molar-refractivity contribution in [2.24, 2.45) is 0 Å². The van der Waals surface area contributed by atoms with Crippen molar-refractivity contribution in [2.75, 3.05) is 31.2 Å². The van der Waals surface area contributed by atoms with Crippen molar-refractivity contribution in [1.82, 2.24) is 0 Å². The number of nitrogens with zero attached hydrogens (tertiary/aromatic N) is 1. The molecule has 2 aromatic carbocycles. The van der Waals surface area contributed by atoms with Crippen molar-refractivity contribution in [1.29, 1.82) is 0 Å². The third kappa shape index (κ3) is 4.24. The Bertz CT molecular complexity index is 739. The summed E-state index contributed by atoms with van der Waals surface area (Å²) in [5.41, 5.74) is 3.26. The number of carbonyl (C=O) groups is 1. The van der Waals surface area contributed by atoms with Gasteiger partial charge < -0.3 is 0 Å². The van der Waals surface area contributed by atoms with Gasteiger partial charge in [0.2, 0.25) is 0 Å². The van der Waals surface area contributed by atoms with Crippen LogP contribution in [0.1, 0.15) is 35.7 Å². The molecule has 27 heavy (non-hydrogen) atoms. The average molecular weight is 472 g/mol. The first kappa shape index (κ1) is 20.4. The van der Waals surface area contributed by atoms with Crippen LogP contribution in [0, 0.1) is 0 Å². The van der Waals surface area contributed by atoms with Crippen LogP contribution in [-0.2, 0) is 8.17 Å². The molecule has 1 saturated heterocycles. The van der Waals surface area contributed by atoms with E-state index in [4.69, 9.17) is 4.74 Å². The molecule has 0 aromatic heterocycles. The van der Waals surface area contributed by atoms with Gasteiger partial charge in [0, 0.05) is 0 Å². The third-order valence-electron chi connectivity index (χ3n) is 5.83. The quantitative estimate of drug-likeness (QED) is 0.440. The first-order chi connectivity index (χ1) is 13.1. The molecular formula is C23H31NO2Sn. The summed E-state index contributed by atoms with van der Waals surface area (Å²) >= 11 is -2.10. The van der Waals surface area contributed by atoms with Crippen molar-refractivity contribution in [2.45, 2.75) is 33.1 Å². The first-order valence-corrected chi connectivity index (χ1v) is 18.4. The zero-order chi connectivity index (χ0) is 19.3. The molecule has 0 bridgehead atoms. The number of anilines is 1. The van der Waals surface area contributed by atoms with Crippen LogP contribution in [0.15, 0.2) is 54.6 Å². The molecule has 1 heterocycles. The number of Topliss-reactive ketones (excluding diaryl/α,β-unsaturated/α-hetero) is 1. The summed E-state index contributed by atoms with van der Waals surface area (Å²) < 4.78 is 5.18. The van der Waals surface area contributed by atoms with Gasteiger partial charge in [-0.1, -0.05) is 0 Å². The Labute approximate surface area is 170 Å². The molecule has 1 aliphatic rings. The molecule has 3 rings (SSSR count). The zero-order valence-electron chi connectivity index (χ0n) is 16.8. The van der Waals surface area contributed by atoms with Crippen molar-refractivity contribution < 1.29 is 9.53 Å². The molecule has 1 atom stereocenters. The Hall–Kier alpha value is -1.33. The predicted octanol–water partition coefficient (Wildman–Crippen LogP) is 4.47. The van der Waals surface area contributed by atoms with Gasteiger partial charge >= 0.3 is 171 Å². The van der Waals surface area contributed by atoms with E-state index in [1.165, 1.54) is 11.3 Å². The average Bonchev–Trinajstić information content (AvgIpc) is 2.73. The molecular weight excluding hydrogens is 441 g/mol. The Morgan fingerprint density at radius 1 is 1.04 bits per heavy atom. The van der Waals surface area contributed by atoms with E-state index in [0.29, 0.717) is 5.78 Å². The number of hydrogen-bond donors (Lipinski definition) is 0. The molecule has 2 aromatic rings. The van der Waals surface area contributed by atoms with Crippen LogP contribution in [0.2, 0.25) is 9.88 Å². The number of carbonyl (C=O) groups excluding carboxylic acids is 1. The fraction of sp³-hybridized carbons (Fsp3) is 0.435. The number of ether oxygens (including phenoxy) is 1. The Morgan fingerprint density at radius 3 is 2.22 bits per heavy atom. The van der Waals surface area contributed by atoms with Gasteiger partial charge in [-0.05, 0) is 0 Å². The Kier molecular flexibility index (Phi) is 6.98. The van der Waals surface area contributed by atoms with Crippen molar-refractivity contribution in [3.63, 3.8) is 0 Å². The molecule has 0 spiro atoms. The molecule has 0 saturated carbocycles. The second-order valence-corrected chi connectivity index (χ2v) is 17.1. The van der Waals surface area contributed by atoms with Crippen LogP contribution < -0.4 is 4.90 Å². The second-order valence-electron chi connectivity index (χ2n) is 7.72. The minimum atomic E-state index is -2.10. The number of ketones is 1. The summed E-state index contributed by atoms with van der Waals surface area (Å²) in [5, 5.41) is 0. The van der Waals surface area contributed by atoms with Crippen molar-refractivity contribution in [3.05, 3.63) is 65.7 Å². The summed E-state index contributed by atoms with van der Waals surface area (Å²) in [6.45, 7) is 5.58. The normalized spacial score (nSPS) is 17.0. The molecule has 1 aliphatic heterocycles. The monoisotopic (exact) mass is 473 g/mol. The van der Waals surface area contributed by atoms with E-state index in [2.05, 4.69) is 58.1 Å². The Morgan fingerprint density at radius 2 is 1.67 bits per heavy atom.